The van der Waals surface area contributed by atoms with E-state index in [-0.39, 0.29) is 5.91 Å². The maximum Gasteiger partial charge on any atom is 0.247 e. The molecular weight excluding hydrogens is 306 g/mol. The number of aliphatic hydroxyl groups is 1. The molecule has 1 atom stereocenters. The summed E-state index contributed by atoms with van der Waals surface area (Å²) in [5, 5.41) is 15.6. The van der Waals surface area contributed by atoms with Crippen LogP contribution in [0.25, 0.3) is 0 Å². The number of hydrogen-bond acceptors (Lipinski definition) is 6. The number of aliphatic hydroxyl groups excluding tert-OH is 1. The molecule has 1 unspecified atom stereocenters. The summed E-state index contributed by atoms with van der Waals surface area (Å²) in [4.78, 5) is 21.9. The van der Waals surface area contributed by atoms with Gasteiger partial charge in [0.05, 0.1) is 17.5 Å². The van der Waals surface area contributed by atoms with E-state index >= 15 is 0 Å². The monoisotopic (exact) mass is 327 g/mol. The summed E-state index contributed by atoms with van der Waals surface area (Å²) in [7, 11) is 3.78. The first-order chi connectivity index (χ1) is 11.4. The molecule has 0 saturated carbocycles. The predicted octanol–water partition coefficient (Wildman–Crippen LogP) is 2.46. The van der Waals surface area contributed by atoms with Crippen LogP contribution in [0.1, 0.15) is 18.6 Å². The minimum Gasteiger partial charge on any atom is -0.389 e. The number of amides is 1. The van der Waals surface area contributed by atoms with Crippen LogP contribution in [-0.2, 0) is 4.79 Å². The van der Waals surface area contributed by atoms with Crippen molar-refractivity contribution in [2.24, 2.45) is 0 Å². The lowest BCUT2D eigenvalue weighted by Crippen LogP contribution is -2.12. The van der Waals surface area contributed by atoms with Gasteiger partial charge in [-0.25, -0.2) is 9.97 Å². The third-order valence-corrected chi connectivity index (χ3v) is 3.34. The number of nitrogens with zero attached hydrogens (tertiary/aromatic N) is 3. The van der Waals surface area contributed by atoms with Gasteiger partial charge in [0.2, 0.25) is 5.91 Å². The Morgan fingerprint density at radius 1 is 1.29 bits per heavy atom. The van der Waals surface area contributed by atoms with Crippen molar-refractivity contribution in [3.05, 3.63) is 48.8 Å². The number of carbonyl (C=O) groups excluding carboxylic acids is 1. The van der Waals surface area contributed by atoms with Gasteiger partial charge in [-0.15, -0.1) is 0 Å². The van der Waals surface area contributed by atoms with Crippen LogP contribution in [0.5, 0.6) is 0 Å². The summed E-state index contributed by atoms with van der Waals surface area (Å²) in [6.45, 7) is 5.11. The first kappa shape index (κ1) is 17.4. The molecule has 0 spiro atoms. The Morgan fingerprint density at radius 2 is 2.04 bits per heavy atom. The zero-order valence-electron chi connectivity index (χ0n) is 13.9. The Kier molecular flexibility index (Phi) is 5.49. The molecule has 2 rings (SSSR count). The average Bonchev–Trinajstić information content (AvgIpc) is 2.56. The molecular formula is C17H21N5O2. The number of benzene rings is 1. The van der Waals surface area contributed by atoms with Gasteiger partial charge in [0.1, 0.15) is 18.0 Å². The molecule has 1 aromatic carbocycles. The van der Waals surface area contributed by atoms with Crippen LogP contribution in [-0.4, -0.2) is 35.1 Å². The number of anilines is 4. The Bertz CT molecular complexity index is 744. The first-order valence-electron chi connectivity index (χ1n) is 7.42. The molecule has 2 aromatic rings. The van der Waals surface area contributed by atoms with E-state index < -0.39 is 6.10 Å². The van der Waals surface area contributed by atoms with Crippen molar-refractivity contribution >= 4 is 28.9 Å². The van der Waals surface area contributed by atoms with Crippen LogP contribution in [0.15, 0.2) is 43.2 Å². The lowest BCUT2D eigenvalue weighted by molar-refractivity contribution is -0.111. The lowest BCUT2D eigenvalue weighted by Gasteiger charge is -2.16. The topological polar surface area (TPSA) is 90.4 Å². The summed E-state index contributed by atoms with van der Waals surface area (Å²) < 4.78 is 0. The Labute approximate surface area is 141 Å². The maximum atomic E-state index is 11.7. The molecule has 1 heterocycles. The van der Waals surface area contributed by atoms with E-state index in [9.17, 15) is 9.90 Å². The molecule has 0 bridgehead atoms. The highest BCUT2D eigenvalue weighted by atomic mass is 16.3. The fraction of sp³-hybridized carbons (Fsp3) is 0.235. The van der Waals surface area contributed by atoms with Crippen LogP contribution >= 0.6 is 0 Å². The van der Waals surface area contributed by atoms with Crippen LogP contribution in [0.2, 0.25) is 0 Å². The number of rotatable bonds is 6. The van der Waals surface area contributed by atoms with Crippen molar-refractivity contribution in [3.8, 4) is 0 Å². The van der Waals surface area contributed by atoms with Gasteiger partial charge in [0.25, 0.3) is 0 Å². The molecule has 3 N–H and O–H groups in total. The molecule has 1 aromatic heterocycles. The molecule has 1 amide bonds. The minimum atomic E-state index is -0.641. The normalized spacial score (nSPS) is 11.5. The highest BCUT2D eigenvalue weighted by Crippen LogP contribution is 2.29. The molecule has 0 radical (unpaired) electrons. The summed E-state index contributed by atoms with van der Waals surface area (Å²) in [5.74, 6) is 1.01. The predicted molar refractivity (Wildman–Crippen MR) is 95.5 cm³/mol. The summed E-state index contributed by atoms with van der Waals surface area (Å²) >= 11 is 0. The van der Waals surface area contributed by atoms with Crippen molar-refractivity contribution in [3.63, 3.8) is 0 Å². The van der Waals surface area contributed by atoms with Crippen LogP contribution in [0.4, 0.5) is 23.0 Å². The average molecular weight is 327 g/mol. The zero-order chi connectivity index (χ0) is 17.7. The van der Waals surface area contributed by atoms with Crippen molar-refractivity contribution in [1.82, 2.24) is 9.97 Å². The Hall–Kier alpha value is -2.93. The van der Waals surface area contributed by atoms with E-state index in [4.69, 9.17) is 0 Å². The number of nitrogens with one attached hydrogen (secondary N) is 2. The SMILES string of the molecule is C=CC(=O)Nc1cc(C(C)O)ccc1Nc1cc(N(C)C)ncn1. The van der Waals surface area contributed by atoms with Gasteiger partial charge in [-0.3, -0.25) is 4.79 Å². The van der Waals surface area contributed by atoms with E-state index in [1.54, 1.807) is 31.2 Å². The number of aromatic nitrogens is 2. The zero-order valence-corrected chi connectivity index (χ0v) is 13.9. The molecule has 0 saturated heterocycles. The minimum absolute atomic E-state index is 0.336. The fourth-order valence-electron chi connectivity index (χ4n) is 2.02. The second-order valence-electron chi connectivity index (χ2n) is 5.46. The van der Waals surface area contributed by atoms with E-state index in [0.29, 0.717) is 22.8 Å². The van der Waals surface area contributed by atoms with Gasteiger partial charge in [-0.2, -0.15) is 0 Å². The smallest absolute Gasteiger partial charge is 0.247 e. The summed E-state index contributed by atoms with van der Waals surface area (Å²) in [6, 6.07) is 7.06. The van der Waals surface area contributed by atoms with Crippen molar-refractivity contribution in [2.75, 3.05) is 29.6 Å². The molecule has 0 fully saturated rings. The highest BCUT2D eigenvalue weighted by molar-refractivity contribution is 6.01. The molecule has 24 heavy (non-hydrogen) atoms. The van der Waals surface area contributed by atoms with Crippen molar-refractivity contribution in [1.29, 1.82) is 0 Å². The van der Waals surface area contributed by atoms with Crippen molar-refractivity contribution < 1.29 is 9.90 Å². The van der Waals surface area contributed by atoms with E-state index in [0.717, 1.165) is 5.82 Å². The third-order valence-electron chi connectivity index (χ3n) is 3.34. The quantitative estimate of drug-likeness (QED) is 0.706. The second-order valence-corrected chi connectivity index (χ2v) is 5.46. The van der Waals surface area contributed by atoms with Crippen LogP contribution in [0.3, 0.4) is 0 Å². The van der Waals surface area contributed by atoms with E-state index in [1.807, 2.05) is 19.0 Å². The van der Waals surface area contributed by atoms with Gasteiger partial charge in [-0.1, -0.05) is 12.6 Å². The molecule has 0 aliphatic rings. The second kappa shape index (κ2) is 7.56. The van der Waals surface area contributed by atoms with E-state index in [1.165, 1.54) is 12.4 Å². The molecule has 0 aliphatic carbocycles. The molecule has 0 aliphatic heterocycles. The third kappa shape index (κ3) is 4.30. The largest absolute Gasteiger partial charge is 0.389 e. The Morgan fingerprint density at radius 3 is 2.67 bits per heavy atom. The Balaban J connectivity index is 2.36. The van der Waals surface area contributed by atoms with Crippen molar-refractivity contribution in [2.45, 2.75) is 13.0 Å². The first-order valence-corrected chi connectivity index (χ1v) is 7.42. The summed E-state index contributed by atoms with van der Waals surface area (Å²) in [6.07, 6.45) is 2.01. The van der Waals surface area contributed by atoms with Crippen LogP contribution < -0.4 is 15.5 Å². The van der Waals surface area contributed by atoms with Gasteiger partial charge in [-0.05, 0) is 30.7 Å². The number of hydrogen-bond donors (Lipinski definition) is 3. The highest BCUT2D eigenvalue weighted by Gasteiger charge is 2.10. The van der Waals surface area contributed by atoms with Gasteiger partial charge in [0.15, 0.2) is 0 Å². The fourth-order valence-corrected chi connectivity index (χ4v) is 2.02. The van der Waals surface area contributed by atoms with Gasteiger partial charge >= 0.3 is 0 Å². The number of carbonyl (C=O) groups is 1. The van der Waals surface area contributed by atoms with E-state index in [2.05, 4.69) is 27.2 Å². The lowest BCUT2D eigenvalue weighted by atomic mass is 10.1. The molecule has 7 heteroatoms. The van der Waals surface area contributed by atoms with Gasteiger partial charge < -0.3 is 20.6 Å². The maximum absolute atomic E-state index is 11.7. The molecule has 7 nitrogen and oxygen atoms in total. The summed E-state index contributed by atoms with van der Waals surface area (Å²) in [5.41, 5.74) is 1.87. The van der Waals surface area contributed by atoms with Gasteiger partial charge in [0, 0.05) is 20.2 Å². The standard InChI is InChI=1S/C17H21N5O2/c1-5-17(24)21-14-8-12(11(2)23)6-7-13(14)20-15-9-16(22(3)4)19-10-18-15/h5-11,23H,1H2,2-4H3,(H,21,24)(H,18,19,20). The van der Waals surface area contributed by atoms with Crippen LogP contribution in [0, 0.1) is 0 Å². The molecule has 126 valence electrons.